The molecule has 0 aliphatic heterocycles. The molecule has 1 aliphatic rings. The van der Waals surface area contributed by atoms with Gasteiger partial charge in [-0.1, -0.05) is 60.4 Å². The van der Waals surface area contributed by atoms with E-state index in [0.29, 0.717) is 0 Å². The summed E-state index contributed by atoms with van der Waals surface area (Å²) < 4.78 is 19.1. The maximum atomic E-state index is 13.7. The first kappa shape index (κ1) is 21.8. The van der Waals surface area contributed by atoms with Crippen molar-refractivity contribution in [2.45, 2.75) is 12.3 Å². The zero-order valence-electron chi connectivity index (χ0n) is 17.5. The van der Waals surface area contributed by atoms with Crippen LogP contribution in [0, 0.1) is 27.8 Å². The first-order valence-electron chi connectivity index (χ1n) is 10.3. The molecule has 3 N–H and O–H groups in total. The minimum atomic E-state index is -0.898. The number of carbonyl (C=O) groups excluding carboxylic acids is 1. The van der Waals surface area contributed by atoms with Crippen LogP contribution in [0.4, 0.5) is 20.6 Å². The Kier molecular flexibility index (Phi) is 6.22. The number of nitrogens with one attached hydrogen (secondary N) is 1. The van der Waals surface area contributed by atoms with Crippen molar-refractivity contribution in [2.75, 3.05) is 18.9 Å². The zero-order valence-corrected chi connectivity index (χ0v) is 17.5. The number of carbonyl (C=O) groups is 1. The van der Waals surface area contributed by atoms with Gasteiger partial charge in [-0.15, -0.1) is 0 Å². The number of alkyl carbamates (subject to hydrolysis) is 1. The molecule has 166 valence electrons. The van der Waals surface area contributed by atoms with Crippen LogP contribution in [0.15, 0.2) is 60.7 Å². The molecule has 0 spiro atoms. The maximum Gasteiger partial charge on any atom is 0.407 e. The van der Waals surface area contributed by atoms with Crippen LogP contribution in [0.5, 0.6) is 0 Å². The highest BCUT2D eigenvalue weighted by molar-refractivity contribution is 5.79. The van der Waals surface area contributed by atoms with Gasteiger partial charge in [0.25, 0.3) is 5.69 Å². The molecule has 0 fully saturated rings. The number of nitrogens with zero attached hydrogens (tertiary/aromatic N) is 1. The molecular weight excluding hydrogens is 425 g/mol. The molecule has 0 unspecified atom stereocenters. The molecule has 0 atom stereocenters. The van der Waals surface area contributed by atoms with Gasteiger partial charge in [0.15, 0.2) is 5.82 Å². The highest BCUT2D eigenvalue weighted by Gasteiger charge is 2.28. The Labute approximate surface area is 189 Å². The summed E-state index contributed by atoms with van der Waals surface area (Å²) in [6, 6.07) is 18.0. The van der Waals surface area contributed by atoms with E-state index in [2.05, 4.69) is 29.3 Å². The monoisotopic (exact) mass is 445 g/mol. The predicted octanol–water partition coefficient (Wildman–Crippen LogP) is 4.60. The van der Waals surface area contributed by atoms with Crippen LogP contribution in [0.3, 0.4) is 0 Å². The molecule has 0 aromatic heterocycles. The summed E-state index contributed by atoms with van der Waals surface area (Å²) in [7, 11) is 0. The van der Waals surface area contributed by atoms with Gasteiger partial charge in [-0.05, 0) is 22.3 Å². The van der Waals surface area contributed by atoms with Gasteiger partial charge in [0.1, 0.15) is 6.61 Å². The summed E-state index contributed by atoms with van der Waals surface area (Å²) in [5.41, 5.74) is 9.49. The normalized spacial score (nSPS) is 11.7. The lowest BCUT2D eigenvalue weighted by molar-refractivity contribution is -0.385. The molecule has 3 aromatic rings. The Balaban J connectivity index is 1.31. The van der Waals surface area contributed by atoms with Gasteiger partial charge < -0.3 is 15.8 Å². The summed E-state index contributed by atoms with van der Waals surface area (Å²) in [5, 5.41) is 13.5. The summed E-state index contributed by atoms with van der Waals surface area (Å²) in [6.07, 6.45) is -0.340. The molecule has 0 heterocycles. The molecule has 0 radical (unpaired) electrons. The van der Waals surface area contributed by atoms with Crippen molar-refractivity contribution in [2.24, 2.45) is 0 Å². The van der Waals surface area contributed by atoms with Crippen molar-refractivity contribution < 1.29 is 18.8 Å². The van der Waals surface area contributed by atoms with Gasteiger partial charge in [0.05, 0.1) is 22.2 Å². The van der Waals surface area contributed by atoms with E-state index < -0.39 is 22.5 Å². The highest BCUT2D eigenvalue weighted by atomic mass is 19.1. The number of nitro benzene ring substituents is 1. The van der Waals surface area contributed by atoms with E-state index in [1.54, 1.807) is 0 Å². The number of benzene rings is 3. The van der Waals surface area contributed by atoms with Crippen LogP contribution >= 0.6 is 0 Å². The Morgan fingerprint density at radius 2 is 1.76 bits per heavy atom. The molecule has 0 saturated carbocycles. The van der Waals surface area contributed by atoms with Crippen LogP contribution in [0.2, 0.25) is 0 Å². The third-order valence-electron chi connectivity index (χ3n) is 5.41. The topological polar surface area (TPSA) is 107 Å². The van der Waals surface area contributed by atoms with Crippen molar-refractivity contribution in [3.8, 4) is 23.0 Å². The van der Waals surface area contributed by atoms with E-state index in [1.807, 2.05) is 36.4 Å². The number of non-ortho nitro benzene ring substituents is 1. The molecule has 33 heavy (non-hydrogen) atoms. The number of nitrogens with two attached hydrogens (primary N) is 1. The van der Waals surface area contributed by atoms with Crippen LogP contribution in [0.1, 0.15) is 29.0 Å². The summed E-state index contributed by atoms with van der Waals surface area (Å²) in [5.74, 6) is 4.40. The number of nitrogen functional groups attached to an aromatic ring is 1. The van der Waals surface area contributed by atoms with Crippen LogP contribution in [0.25, 0.3) is 11.1 Å². The lowest BCUT2D eigenvalue weighted by Crippen LogP contribution is -2.26. The largest absolute Gasteiger partial charge is 0.449 e. The second kappa shape index (κ2) is 9.40. The average Bonchev–Trinajstić information content (AvgIpc) is 3.13. The average molecular weight is 445 g/mol. The summed E-state index contributed by atoms with van der Waals surface area (Å²) in [4.78, 5) is 22.3. The van der Waals surface area contributed by atoms with Gasteiger partial charge in [0.2, 0.25) is 0 Å². The molecule has 0 bridgehead atoms. The van der Waals surface area contributed by atoms with E-state index in [1.165, 1.54) is 0 Å². The molecule has 7 nitrogen and oxygen atoms in total. The SMILES string of the molecule is Nc1c(F)cc([N+](=O)[O-])cc1C#CCCNC(=O)OCC1c2ccccc2-c2ccccc21. The first-order chi connectivity index (χ1) is 16.0. The van der Waals surface area contributed by atoms with E-state index >= 15 is 0 Å². The molecule has 1 amide bonds. The number of halogens is 1. The van der Waals surface area contributed by atoms with Gasteiger partial charge in [-0.3, -0.25) is 10.1 Å². The van der Waals surface area contributed by atoms with E-state index in [4.69, 9.17) is 10.5 Å². The summed E-state index contributed by atoms with van der Waals surface area (Å²) >= 11 is 0. The second-order valence-electron chi connectivity index (χ2n) is 7.45. The fourth-order valence-electron chi connectivity index (χ4n) is 3.85. The minimum absolute atomic E-state index is 0.0304. The number of hydrogen-bond acceptors (Lipinski definition) is 5. The second-order valence-corrected chi connectivity index (χ2v) is 7.45. The number of ether oxygens (including phenoxy) is 1. The highest BCUT2D eigenvalue weighted by Crippen LogP contribution is 2.44. The predicted molar refractivity (Wildman–Crippen MR) is 122 cm³/mol. The van der Waals surface area contributed by atoms with Crippen molar-refractivity contribution >= 4 is 17.5 Å². The van der Waals surface area contributed by atoms with Gasteiger partial charge in [-0.2, -0.15) is 0 Å². The fraction of sp³-hybridized carbons (Fsp3) is 0.160. The third kappa shape index (κ3) is 4.62. The molecule has 1 aliphatic carbocycles. The standard InChI is InChI=1S/C25H20FN3O4/c26-23-14-17(29(31)32)13-16(24(23)27)7-5-6-12-28-25(30)33-15-22-20-10-3-1-8-18(20)19-9-2-4-11-21(19)22/h1-4,8-11,13-14,22H,6,12,15,27H2,(H,28,30). The van der Waals surface area contributed by atoms with Gasteiger partial charge in [-0.25, -0.2) is 9.18 Å². The van der Waals surface area contributed by atoms with Crippen molar-refractivity contribution in [1.29, 1.82) is 0 Å². The van der Waals surface area contributed by atoms with E-state index in [9.17, 15) is 19.3 Å². The summed E-state index contributed by atoms with van der Waals surface area (Å²) in [6.45, 7) is 0.399. The molecule has 4 rings (SSSR count). The number of nitro groups is 1. The van der Waals surface area contributed by atoms with Crippen LogP contribution in [-0.4, -0.2) is 24.2 Å². The number of anilines is 1. The van der Waals surface area contributed by atoms with Crippen LogP contribution in [-0.2, 0) is 4.74 Å². The maximum absolute atomic E-state index is 13.7. The lowest BCUT2D eigenvalue weighted by atomic mass is 9.98. The number of amides is 1. The number of rotatable bonds is 5. The zero-order chi connectivity index (χ0) is 23.4. The first-order valence-corrected chi connectivity index (χ1v) is 10.3. The fourth-order valence-corrected chi connectivity index (χ4v) is 3.85. The Hall–Kier alpha value is -4.38. The van der Waals surface area contributed by atoms with Crippen molar-refractivity contribution in [3.63, 3.8) is 0 Å². The third-order valence-corrected chi connectivity index (χ3v) is 5.41. The Bertz CT molecular complexity index is 1250. The van der Waals surface area contributed by atoms with E-state index in [-0.39, 0.29) is 36.7 Å². The van der Waals surface area contributed by atoms with Crippen molar-refractivity contribution in [3.05, 3.63) is 93.3 Å². The van der Waals surface area contributed by atoms with Crippen LogP contribution < -0.4 is 11.1 Å². The molecular formula is C25H20FN3O4. The molecule has 3 aromatic carbocycles. The lowest BCUT2D eigenvalue weighted by Gasteiger charge is -2.14. The number of hydrogen-bond donors (Lipinski definition) is 2. The Morgan fingerprint density at radius 3 is 2.39 bits per heavy atom. The van der Waals surface area contributed by atoms with Gasteiger partial charge >= 0.3 is 6.09 Å². The molecule has 8 heteroatoms. The smallest absolute Gasteiger partial charge is 0.407 e. The number of fused-ring (bicyclic) bond motifs is 3. The quantitative estimate of drug-likeness (QED) is 0.196. The van der Waals surface area contributed by atoms with Gasteiger partial charge in [0, 0.05) is 24.9 Å². The molecule has 0 saturated heterocycles. The van der Waals surface area contributed by atoms with E-state index in [0.717, 1.165) is 34.4 Å². The minimum Gasteiger partial charge on any atom is -0.449 e. The Morgan fingerprint density at radius 1 is 1.12 bits per heavy atom. The van der Waals surface area contributed by atoms with Crippen molar-refractivity contribution in [1.82, 2.24) is 5.32 Å².